The molecule has 148 valence electrons. The molecule has 0 saturated carbocycles. The standard InChI is InChI=1S/C22H25NO5/c1-22(11-15-4-6-18-20(9-15)28-14-27-18)8-7-21(25)23(13-22)12-16-3-5-17(24)19(10-16)26-2/h3-6,9-10,24H,7-8,11-14H2,1-2H3/t22-/m1/s1. The molecule has 0 spiro atoms. The number of nitrogens with zero attached hydrogens (tertiary/aromatic N) is 1. The van der Waals surface area contributed by atoms with Crippen molar-refractivity contribution in [2.75, 3.05) is 20.4 Å². The maximum absolute atomic E-state index is 12.5. The van der Waals surface area contributed by atoms with Crippen LogP contribution in [0.3, 0.4) is 0 Å². The fourth-order valence-corrected chi connectivity index (χ4v) is 4.07. The van der Waals surface area contributed by atoms with Gasteiger partial charge in [-0.1, -0.05) is 19.1 Å². The van der Waals surface area contributed by atoms with E-state index in [0.29, 0.717) is 25.3 Å². The predicted molar refractivity (Wildman–Crippen MR) is 104 cm³/mol. The Kier molecular flexibility index (Phi) is 4.79. The van der Waals surface area contributed by atoms with Gasteiger partial charge in [-0.3, -0.25) is 4.79 Å². The zero-order valence-corrected chi connectivity index (χ0v) is 16.2. The van der Waals surface area contributed by atoms with Crippen molar-refractivity contribution in [3.63, 3.8) is 0 Å². The van der Waals surface area contributed by atoms with E-state index in [0.717, 1.165) is 29.9 Å². The number of methoxy groups -OCH3 is 1. The lowest BCUT2D eigenvalue weighted by atomic mass is 9.76. The molecule has 1 amide bonds. The van der Waals surface area contributed by atoms with Crippen LogP contribution < -0.4 is 14.2 Å². The monoisotopic (exact) mass is 383 g/mol. The number of phenols is 1. The summed E-state index contributed by atoms with van der Waals surface area (Å²) in [5.74, 6) is 2.26. The lowest BCUT2D eigenvalue weighted by Gasteiger charge is -2.40. The Balaban J connectivity index is 1.48. The van der Waals surface area contributed by atoms with Crippen molar-refractivity contribution in [1.29, 1.82) is 0 Å². The maximum Gasteiger partial charge on any atom is 0.231 e. The van der Waals surface area contributed by atoms with Crippen LogP contribution in [0.4, 0.5) is 0 Å². The van der Waals surface area contributed by atoms with Gasteiger partial charge in [0.1, 0.15) is 0 Å². The van der Waals surface area contributed by atoms with Crippen LogP contribution in [0.25, 0.3) is 0 Å². The minimum atomic E-state index is -0.0113. The summed E-state index contributed by atoms with van der Waals surface area (Å²) in [6, 6.07) is 11.3. The van der Waals surface area contributed by atoms with E-state index in [4.69, 9.17) is 14.2 Å². The van der Waals surface area contributed by atoms with E-state index in [2.05, 4.69) is 13.0 Å². The summed E-state index contributed by atoms with van der Waals surface area (Å²) >= 11 is 0. The average molecular weight is 383 g/mol. The third kappa shape index (κ3) is 3.72. The summed E-state index contributed by atoms with van der Waals surface area (Å²) in [5.41, 5.74) is 2.12. The Morgan fingerprint density at radius 2 is 1.93 bits per heavy atom. The summed E-state index contributed by atoms with van der Waals surface area (Å²) < 4.78 is 16.1. The van der Waals surface area contributed by atoms with Gasteiger partial charge in [-0.25, -0.2) is 0 Å². The number of amides is 1. The van der Waals surface area contributed by atoms with Gasteiger partial charge in [-0.2, -0.15) is 0 Å². The molecule has 2 aromatic rings. The highest BCUT2D eigenvalue weighted by molar-refractivity contribution is 5.77. The van der Waals surface area contributed by atoms with Crippen LogP contribution >= 0.6 is 0 Å². The summed E-state index contributed by atoms with van der Waals surface area (Å²) in [6.07, 6.45) is 2.26. The number of ether oxygens (including phenoxy) is 3. The molecule has 1 saturated heterocycles. The van der Waals surface area contributed by atoms with E-state index in [9.17, 15) is 9.90 Å². The number of piperidine rings is 1. The minimum absolute atomic E-state index is 0.0113. The first-order valence-electron chi connectivity index (χ1n) is 9.48. The first-order chi connectivity index (χ1) is 13.5. The Hall–Kier alpha value is -2.89. The highest BCUT2D eigenvalue weighted by Gasteiger charge is 2.35. The lowest BCUT2D eigenvalue weighted by Crippen LogP contribution is -2.45. The minimum Gasteiger partial charge on any atom is -0.504 e. The Bertz CT molecular complexity index is 896. The van der Waals surface area contributed by atoms with Crippen LogP contribution in [0.1, 0.15) is 30.9 Å². The third-order valence-electron chi connectivity index (χ3n) is 5.55. The number of hydrogen-bond donors (Lipinski definition) is 1. The first kappa shape index (κ1) is 18.5. The van der Waals surface area contributed by atoms with Crippen LogP contribution in [0, 0.1) is 5.41 Å². The smallest absolute Gasteiger partial charge is 0.231 e. The van der Waals surface area contributed by atoms with E-state index in [1.54, 1.807) is 12.1 Å². The Morgan fingerprint density at radius 3 is 2.75 bits per heavy atom. The second-order valence-electron chi connectivity index (χ2n) is 7.93. The topological polar surface area (TPSA) is 68.2 Å². The van der Waals surface area contributed by atoms with E-state index in [1.165, 1.54) is 12.7 Å². The molecule has 0 aliphatic carbocycles. The van der Waals surface area contributed by atoms with Gasteiger partial charge in [0.2, 0.25) is 12.7 Å². The van der Waals surface area contributed by atoms with E-state index >= 15 is 0 Å². The third-order valence-corrected chi connectivity index (χ3v) is 5.55. The van der Waals surface area contributed by atoms with Gasteiger partial charge >= 0.3 is 0 Å². The van der Waals surface area contributed by atoms with Crippen LogP contribution in [0.2, 0.25) is 0 Å². The molecular weight excluding hydrogens is 358 g/mol. The number of phenolic OH excluding ortho intramolecular Hbond substituents is 1. The van der Waals surface area contributed by atoms with Crippen molar-refractivity contribution < 1.29 is 24.1 Å². The first-order valence-corrected chi connectivity index (χ1v) is 9.48. The maximum atomic E-state index is 12.5. The predicted octanol–water partition coefficient (Wildman–Crippen LogP) is 3.50. The summed E-state index contributed by atoms with van der Waals surface area (Å²) in [7, 11) is 1.52. The molecule has 2 aromatic carbocycles. The van der Waals surface area contributed by atoms with Crippen molar-refractivity contribution in [1.82, 2.24) is 4.90 Å². The highest BCUT2D eigenvalue weighted by Crippen LogP contribution is 2.38. The van der Waals surface area contributed by atoms with E-state index in [1.807, 2.05) is 23.1 Å². The second-order valence-corrected chi connectivity index (χ2v) is 7.93. The largest absolute Gasteiger partial charge is 0.504 e. The fraction of sp³-hybridized carbons (Fsp3) is 0.409. The van der Waals surface area contributed by atoms with Gasteiger partial charge in [-0.15, -0.1) is 0 Å². The summed E-state index contributed by atoms with van der Waals surface area (Å²) in [4.78, 5) is 14.4. The number of hydrogen-bond acceptors (Lipinski definition) is 5. The van der Waals surface area contributed by atoms with Crippen molar-refractivity contribution >= 4 is 5.91 Å². The number of carbonyl (C=O) groups is 1. The van der Waals surface area contributed by atoms with Crippen molar-refractivity contribution in [3.8, 4) is 23.0 Å². The Morgan fingerprint density at radius 1 is 1.14 bits per heavy atom. The van der Waals surface area contributed by atoms with Crippen LogP contribution in [0.15, 0.2) is 36.4 Å². The molecule has 0 radical (unpaired) electrons. The number of fused-ring (bicyclic) bond motifs is 1. The molecule has 2 aliphatic rings. The van der Waals surface area contributed by atoms with Gasteiger partial charge in [0.05, 0.1) is 7.11 Å². The SMILES string of the molecule is COc1cc(CN2C[C@@](C)(Cc3ccc4c(c3)OCO4)CCC2=O)ccc1O. The molecule has 1 fully saturated rings. The molecule has 0 unspecified atom stereocenters. The van der Waals surface area contributed by atoms with E-state index in [-0.39, 0.29) is 23.9 Å². The molecule has 6 heteroatoms. The molecular formula is C22H25NO5. The second kappa shape index (κ2) is 7.26. The molecule has 2 aliphatic heterocycles. The van der Waals surface area contributed by atoms with Gasteiger partial charge in [-0.05, 0) is 53.6 Å². The van der Waals surface area contributed by atoms with Gasteiger partial charge in [0.15, 0.2) is 23.0 Å². The fourth-order valence-electron chi connectivity index (χ4n) is 4.07. The number of likely N-dealkylation sites (tertiary alicyclic amines) is 1. The Labute approximate surface area is 164 Å². The lowest BCUT2D eigenvalue weighted by molar-refractivity contribution is -0.137. The van der Waals surface area contributed by atoms with Crippen molar-refractivity contribution in [3.05, 3.63) is 47.5 Å². The summed E-state index contributed by atoms with van der Waals surface area (Å²) in [5, 5.41) is 9.78. The van der Waals surface area contributed by atoms with Crippen LogP contribution in [0.5, 0.6) is 23.0 Å². The molecule has 0 bridgehead atoms. The summed E-state index contributed by atoms with van der Waals surface area (Å²) in [6.45, 7) is 3.69. The molecule has 2 heterocycles. The average Bonchev–Trinajstić information content (AvgIpc) is 3.14. The number of aromatic hydroxyl groups is 1. The van der Waals surface area contributed by atoms with Crippen LogP contribution in [-0.2, 0) is 17.8 Å². The van der Waals surface area contributed by atoms with Gasteiger partial charge < -0.3 is 24.2 Å². The van der Waals surface area contributed by atoms with Crippen LogP contribution in [-0.4, -0.2) is 36.4 Å². The normalized spacial score (nSPS) is 21.1. The molecule has 4 rings (SSSR count). The van der Waals surface area contributed by atoms with Crippen molar-refractivity contribution in [2.45, 2.75) is 32.7 Å². The number of benzene rings is 2. The van der Waals surface area contributed by atoms with Crippen molar-refractivity contribution in [2.24, 2.45) is 5.41 Å². The molecule has 0 aromatic heterocycles. The zero-order valence-electron chi connectivity index (χ0n) is 16.2. The highest BCUT2D eigenvalue weighted by atomic mass is 16.7. The zero-order chi connectivity index (χ0) is 19.7. The molecule has 6 nitrogen and oxygen atoms in total. The molecule has 1 N–H and O–H groups in total. The van der Waals surface area contributed by atoms with Gasteiger partial charge in [0.25, 0.3) is 0 Å². The van der Waals surface area contributed by atoms with E-state index < -0.39 is 0 Å². The molecule has 28 heavy (non-hydrogen) atoms. The quantitative estimate of drug-likeness (QED) is 0.856. The number of rotatable bonds is 5. The number of carbonyl (C=O) groups excluding carboxylic acids is 1. The van der Waals surface area contributed by atoms with Gasteiger partial charge in [0, 0.05) is 19.5 Å². The molecule has 1 atom stereocenters.